The number of nitrogens with one attached hydrogen (secondary N) is 1. The van der Waals surface area contributed by atoms with Gasteiger partial charge in [0.1, 0.15) is 0 Å². The monoisotopic (exact) mass is 172 g/mol. The minimum Gasteiger partial charge on any atom is -0.368 e. The molecule has 0 aromatic carbocycles. The molecular formula is C9H20N2O. The van der Waals surface area contributed by atoms with Crippen LogP contribution < -0.4 is 11.1 Å². The smallest absolute Gasteiger partial charge is 0.234 e. The van der Waals surface area contributed by atoms with E-state index in [1.807, 2.05) is 34.6 Å². The van der Waals surface area contributed by atoms with Gasteiger partial charge in [0.15, 0.2) is 0 Å². The van der Waals surface area contributed by atoms with Crippen molar-refractivity contribution < 1.29 is 4.79 Å². The van der Waals surface area contributed by atoms with Gasteiger partial charge in [0.2, 0.25) is 5.91 Å². The molecule has 1 amide bonds. The first-order chi connectivity index (χ1) is 5.24. The van der Waals surface area contributed by atoms with Gasteiger partial charge in [-0.2, -0.15) is 0 Å². The van der Waals surface area contributed by atoms with Crippen molar-refractivity contribution in [2.24, 2.45) is 11.7 Å². The molecule has 0 unspecified atom stereocenters. The topological polar surface area (TPSA) is 55.1 Å². The van der Waals surface area contributed by atoms with E-state index in [1.165, 1.54) is 0 Å². The second-order valence-electron chi connectivity index (χ2n) is 4.52. The Morgan fingerprint density at radius 1 is 1.33 bits per heavy atom. The molecule has 3 heteroatoms. The van der Waals surface area contributed by atoms with E-state index in [2.05, 4.69) is 5.32 Å². The summed E-state index contributed by atoms with van der Waals surface area (Å²) in [7, 11) is 0. The van der Waals surface area contributed by atoms with Crippen LogP contribution in [0.5, 0.6) is 0 Å². The highest BCUT2D eigenvalue weighted by Crippen LogP contribution is 2.07. The standard InChI is InChI=1S/C9H20N2O/c1-6(2)7(8(10)12)11-9(3,4)5/h6-7,11H,1-5H3,(H2,10,12)/t7-/m0/s1. The largest absolute Gasteiger partial charge is 0.368 e. The minimum absolute atomic E-state index is 0.0655. The molecule has 0 saturated heterocycles. The normalized spacial score (nSPS) is 14.8. The maximum absolute atomic E-state index is 11.0. The summed E-state index contributed by atoms with van der Waals surface area (Å²) in [6.07, 6.45) is 0. The van der Waals surface area contributed by atoms with E-state index < -0.39 is 0 Å². The highest BCUT2D eigenvalue weighted by atomic mass is 16.1. The average Bonchev–Trinajstić information content (AvgIpc) is 1.79. The number of primary amides is 1. The molecule has 0 fully saturated rings. The van der Waals surface area contributed by atoms with Gasteiger partial charge in [-0.3, -0.25) is 4.79 Å². The quantitative estimate of drug-likeness (QED) is 0.664. The van der Waals surface area contributed by atoms with Gasteiger partial charge in [0.05, 0.1) is 6.04 Å². The molecule has 0 bridgehead atoms. The Kier molecular flexibility index (Phi) is 3.71. The van der Waals surface area contributed by atoms with Crippen molar-refractivity contribution in [1.82, 2.24) is 5.32 Å². The van der Waals surface area contributed by atoms with Crippen molar-refractivity contribution in [3.63, 3.8) is 0 Å². The van der Waals surface area contributed by atoms with E-state index in [9.17, 15) is 4.79 Å². The highest BCUT2D eigenvalue weighted by Gasteiger charge is 2.24. The molecule has 0 aliphatic heterocycles. The molecule has 3 N–H and O–H groups in total. The number of rotatable bonds is 3. The van der Waals surface area contributed by atoms with Crippen molar-refractivity contribution in [3.05, 3.63) is 0 Å². The Hall–Kier alpha value is -0.570. The molecule has 0 radical (unpaired) electrons. The van der Waals surface area contributed by atoms with Gasteiger partial charge in [-0.15, -0.1) is 0 Å². The molecule has 72 valence electrons. The summed E-state index contributed by atoms with van der Waals surface area (Å²) >= 11 is 0. The summed E-state index contributed by atoms with van der Waals surface area (Å²) in [6.45, 7) is 10.0. The fourth-order valence-corrected chi connectivity index (χ4v) is 1.03. The number of hydrogen-bond acceptors (Lipinski definition) is 2. The van der Waals surface area contributed by atoms with E-state index in [0.717, 1.165) is 0 Å². The Bertz CT molecular complexity index is 158. The van der Waals surface area contributed by atoms with Gasteiger partial charge in [-0.1, -0.05) is 13.8 Å². The zero-order chi connectivity index (χ0) is 9.94. The maximum Gasteiger partial charge on any atom is 0.234 e. The molecule has 0 aromatic rings. The van der Waals surface area contributed by atoms with E-state index in [-0.39, 0.29) is 23.4 Å². The highest BCUT2D eigenvalue weighted by molar-refractivity contribution is 5.80. The molecular weight excluding hydrogens is 152 g/mol. The molecule has 0 saturated carbocycles. The van der Waals surface area contributed by atoms with Gasteiger partial charge < -0.3 is 11.1 Å². The lowest BCUT2D eigenvalue weighted by molar-refractivity contribution is -0.121. The van der Waals surface area contributed by atoms with Crippen LogP contribution in [-0.2, 0) is 4.79 Å². The zero-order valence-electron chi connectivity index (χ0n) is 8.64. The molecule has 0 spiro atoms. The van der Waals surface area contributed by atoms with Crippen LogP contribution >= 0.6 is 0 Å². The van der Waals surface area contributed by atoms with Crippen LogP contribution in [0.1, 0.15) is 34.6 Å². The van der Waals surface area contributed by atoms with Crippen LogP contribution in [0.3, 0.4) is 0 Å². The first-order valence-corrected chi connectivity index (χ1v) is 4.31. The third kappa shape index (κ3) is 4.34. The van der Waals surface area contributed by atoms with Crippen molar-refractivity contribution in [3.8, 4) is 0 Å². The van der Waals surface area contributed by atoms with Crippen molar-refractivity contribution in [2.45, 2.75) is 46.2 Å². The van der Waals surface area contributed by atoms with Crippen LogP contribution in [0.15, 0.2) is 0 Å². The minimum atomic E-state index is -0.278. The lowest BCUT2D eigenvalue weighted by atomic mass is 9.99. The summed E-state index contributed by atoms with van der Waals surface area (Å²) in [6, 6.07) is -0.231. The molecule has 0 rings (SSSR count). The number of amides is 1. The van der Waals surface area contributed by atoms with E-state index in [1.54, 1.807) is 0 Å². The summed E-state index contributed by atoms with van der Waals surface area (Å²) in [5, 5.41) is 3.18. The summed E-state index contributed by atoms with van der Waals surface area (Å²) < 4.78 is 0. The number of nitrogens with two attached hydrogens (primary N) is 1. The van der Waals surface area contributed by atoms with E-state index >= 15 is 0 Å². The third-order valence-corrected chi connectivity index (χ3v) is 1.56. The van der Waals surface area contributed by atoms with Crippen LogP contribution in [0.25, 0.3) is 0 Å². The number of hydrogen-bond donors (Lipinski definition) is 2. The molecule has 0 aromatic heterocycles. The Morgan fingerprint density at radius 3 is 1.83 bits per heavy atom. The van der Waals surface area contributed by atoms with Gasteiger partial charge in [0.25, 0.3) is 0 Å². The van der Waals surface area contributed by atoms with Crippen molar-refractivity contribution >= 4 is 5.91 Å². The summed E-state index contributed by atoms with van der Waals surface area (Å²) in [5.41, 5.74) is 5.18. The zero-order valence-corrected chi connectivity index (χ0v) is 8.64. The van der Waals surface area contributed by atoms with Gasteiger partial charge in [0, 0.05) is 5.54 Å². The SMILES string of the molecule is CC(C)[C@H](NC(C)(C)C)C(N)=O. The predicted octanol–water partition coefficient (Wildman–Crippen LogP) is 0.884. The molecule has 1 atom stereocenters. The average molecular weight is 172 g/mol. The van der Waals surface area contributed by atoms with E-state index in [4.69, 9.17) is 5.73 Å². The first kappa shape index (κ1) is 11.4. The van der Waals surface area contributed by atoms with Gasteiger partial charge in [-0.25, -0.2) is 0 Å². The molecule has 12 heavy (non-hydrogen) atoms. The maximum atomic E-state index is 11.0. The van der Waals surface area contributed by atoms with Crippen LogP contribution in [0, 0.1) is 5.92 Å². The van der Waals surface area contributed by atoms with Crippen LogP contribution in [-0.4, -0.2) is 17.5 Å². The lowest BCUT2D eigenvalue weighted by Gasteiger charge is -2.28. The Morgan fingerprint density at radius 2 is 1.75 bits per heavy atom. The number of carbonyl (C=O) groups is 1. The second kappa shape index (κ2) is 3.90. The molecule has 0 heterocycles. The lowest BCUT2D eigenvalue weighted by Crippen LogP contribution is -2.52. The van der Waals surface area contributed by atoms with Crippen LogP contribution in [0.2, 0.25) is 0 Å². The number of carbonyl (C=O) groups excluding carboxylic acids is 1. The third-order valence-electron chi connectivity index (χ3n) is 1.56. The molecule has 0 aliphatic rings. The molecule has 0 aliphatic carbocycles. The van der Waals surface area contributed by atoms with Gasteiger partial charge in [-0.05, 0) is 26.7 Å². The predicted molar refractivity (Wildman–Crippen MR) is 50.7 cm³/mol. The van der Waals surface area contributed by atoms with Gasteiger partial charge >= 0.3 is 0 Å². The van der Waals surface area contributed by atoms with E-state index in [0.29, 0.717) is 0 Å². The molecule has 3 nitrogen and oxygen atoms in total. The fourth-order valence-electron chi connectivity index (χ4n) is 1.03. The van der Waals surface area contributed by atoms with Crippen molar-refractivity contribution in [2.75, 3.05) is 0 Å². The van der Waals surface area contributed by atoms with Crippen LogP contribution in [0.4, 0.5) is 0 Å². The fraction of sp³-hybridized carbons (Fsp3) is 0.889. The summed E-state index contributed by atoms with van der Waals surface area (Å²) in [5.74, 6) is -0.0401. The van der Waals surface area contributed by atoms with Crippen molar-refractivity contribution in [1.29, 1.82) is 0 Å². The second-order valence-corrected chi connectivity index (χ2v) is 4.52. The Labute approximate surface area is 74.7 Å². The Balaban J connectivity index is 4.25. The summed E-state index contributed by atoms with van der Waals surface area (Å²) in [4.78, 5) is 11.0. The first-order valence-electron chi connectivity index (χ1n) is 4.31.